The molecule has 1 aromatic heterocycles. The molecule has 0 radical (unpaired) electrons. The normalized spacial score (nSPS) is 11.5. The van der Waals surface area contributed by atoms with E-state index in [0.717, 1.165) is 17.6 Å². The first-order chi connectivity index (χ1) is 11.9. The lowest BCUT2D eigenvalue weighted by molar-refractivity contribution is -0.141. The molecule has 0 bridgehead atoms. The third-order valence-corrected chi connectivity index (χ3v) is 3.61. The number of aromatic carboxylic acids is 1. The van der Waals surface area contributed by atoms with E-state index in [1.807, 2.05) is 12.1 Å². The van der Waals surface area contributed by atoms with Gasteiger partial charge in [-0.3, -0.25) is 4.98 Å². The van der Waals surface area contributed by atoms with Crippen LogP contribution in [0.15, 0.2) is 54.7 Å². The van der Waals surface area contributed by atoms with Gasteiger partial charge in [-0.15, -0.1) is 0 Å². The molecule has 2 aromatic carbocycles. The second-order valence-corrected chi connectivity index (χ2v) is 5.31. The van der Waals surface area contributed by atoms with Gasteiger partial charge < -0.3 is 9.84 Å². The number of pyridine rings is 1. The molecule has 0 saturated heterocycles. The van der Waals surface area contributed by atoms with Crippen molar-refractivity contribution in [1.82, 2.24) is 4.98 Å². The average Bonchev–Trinajstić information content (AvgIpc) is 2.59. The summed E-state index contributed by atoms with van der Waals surface area (Å²) in [6.45, 7) is -0.0978. The molecular weight excluding hydrogens is 335 g/mol. The Morgan fingerprint density at radius 1 is 1.08 bits per heavy atom. The number of hydrogen-bond donors (Lipinski definition) is 1. The van der Waals surface area contributed by atoms with Crippen molar-refractivity contribution in [2.75, 3.05) is 0 Å². The Kier molecular flexibility index (Phi) is 4.31. The van der Waals surface area contributed by atoms with Gasteiger partial charge in [-0.1, -0.05) is 36.4 Å². The summed E-state index contributed by atoms with van der Waals surface area (Å²) >= 11 is 0. The molecule has 0 saturated carbocycles. The number of fused-ring (bicyclic) bond motifs is 1. The maximum atomic E-state index is 12.5. The van der Waals surface area contributed by atoms with Crippen molar-refractivity contribution in [3.63, 3.8) is 0 Å². The van der Waals surface area contributed by atoms with Gasteiger partial charge in [-0.2, -0.15) is 13.2 Å². The van der Waals surface area contributed by atoms with Gasteiger partial charge in [-0.05, 0) is 17.5 Å². The highest BCUT2D eigenvalue weighted by atomic mass is 19.4. The summed E-state index contributed by atoms with van der Waals surface area (Å²) in [5, 5.41) is 10.7. The van der Waals surface area contributed by atoms with Crippen LogP contribution in [0.2, 0.25) is 0 Å². The molecule has 0 fully saturated rings. The van der Waals surface area contributed by atoms with E-state index in [1.165, 1.54) is 12.1 Å². The largest absolute Gasteiger partial charge is 0.487 e. The fraction of sp³-hybridized carbons (Fsp3) is 0.111. The van der Waals surface area contributed by atoms with Crippen molar-refractivity contribution in [1.29, 1.82) is 0 Å². The van der Waals surface area contributed by atoms with Crippen molar-refractivity contribution in [3.05, 3.63) is 71.5 Å². The van der Waals surface area contributed by atoms with E-state index in [0.29, 0.717) is 10.9 Å². The SMILES string of the molecule is O=C(O)c1ccc2ccccc2c1OCc1ccc(C(F)(F)F)nc1. The molecule has 0 aliphatic carbocycles. The lowest BCUT2D eigenvalue weighted by Crippen LogP contribution is -2.09. The number of halogens is 3. The topological polar surface area (TPSA) is 59.4 Å². The van der Waals surface area contributed by atoms with Crippen molar-refractivity contribution < 1.29 is 27.8 Å². The number of carboxylic acids is 1. The van der Waals surface area contributed by atoms with Crippen molar-refractivity contribution >= 4 is 16.7 Å². The third-order valence-electron chi connectivity index (χ3n) is 3.61. The number of rotatable bonds is 4. The van der Waals surface area contributed by atoms with E-state index in [2.05, 4.69) is 4.98 Å². The van der Waals surface area contributed by atoms with Crippen LogP contribution in [0.4, 0.5) is 13.2 Å². The summed E-state index contributed by atoms with van der Waals surface area (Å²) in [6.07, 6.45) is -3.44. The Labute approximate surface area is 140 Å². The third kappa shape index (κ3) is 3.55. The van der Waals surface area contributed by atoms with Gasteiger partial charge in [0.1, 0.15) is 23.6 Å². The van der Waals surface area contributed by atoms with Crippen LogP contribution < -0.4 is 4.74 Å². The van der Waals surface area contributed by atoms with Crippen LogP contribution in [0.5, 0.6) is 5.75 Å². The molecule has 1 N–H and O–H groups in total. The number of carboxylic acid groups (broad SMARTS) is 1. The second-order valence-electron chi connectivity index (χ2n) is 5.31. The van der Waals surface area contributed by atoms with Crippen molar-refractivity contribution in [3.8, 4) is 5.75 Å². The average molecular weight is 347 g/mol. The Morgan fingerprint density at radius 3 is 2.48 bits per heavy atom. The summed E-state index contributed by atoms with van der Waals surface area (Å²) in [5.41, 5.74) is -0.608. The number of benzene rings is 2. The van der Waals surface area contributed by atoms with Crippen LogP contribution in [0.25, 0.3) is 10.8 Å². The molecule has 0 aliphatic heterocycles. The molecule has 0 atom stereocenters. The maximum Gasteiger partial charge on any atom is 0.433 e. The van der Waals surface area contributed by atoms with Gasteiger partial charge in [-0.25, -0.2) is 4.79 Å². The predicted molar refractivity (Wildman–Crippen MR) is 84.5 cm³/mol. The number of ether oxygens (including phenoxy) is 1. The number of nitrogens with zero attached hydrogens (tertiary/aromatic N) is 1. The first-order valence-electron chi connectivity index (χ1n) is 7.26. The first kappa shape index (κ1) is 16.8. The summed E-state index contributed by atoms with van der Waals surface area (Å²) in [6, 6.07) is 12.3. The molecule has 4 nitrogen and oxygen atoms in total. The molecule has 0 spiro atoms. The zero-order valence-corrected chi connectivity index (χ0v) is 12.7. The molecule has 128 valence electrons. The quantitative estimate of drug-likeness (QED) is 0.753. The minimum atomic E-state index is -4.51. The van der Waals surface area contributed by atoms with E-state index in [9.17, 15) is 23.1 Å². The highest BCUT2D eigenvalue weighted by Gasteiger charge is 2.32. The van der Waals surface area contributed by atoms with Crippen molar-refractivity contribution in [2.45, 2.75) is 12.8 Å². The molecule has 25 heavy (non-hydrogen) atoms. The molecular formula is C18H12F3NO3. The molecule has 1 heterocycles. The van der Waals surface area contributed by atoms with E-state index >= 15 is 0 Å². The number of hydrogen-bond acceptors (Lipinski definition) is 3. The molecule has 0 aliphatic rings. The summed E-state index contributed by atoms with van der Waals surface area (Å²) < 4.78 is 43.2. The van der Waals surface area contributed by atoms with Crippen LogP contribution in [-0.4, -0.2) is 16.1 Å². The van der Waals surface area contributed by atoms with E-state index in [4.69, 9.17) is 4.74 Å². The molecule has 0 amide bonds. The Bertz CT molecular complexity index is 921. The minimum absolute atomic E-state index is 0.0152. The number of alkyl halides is 3. The second kappa shape index (κ2) is 6.43. The Hall–Kier alpha value is -3.09. The molecule has 3 aromatic rings. The predicted octanol–water partition coefficient (Wildman–Crippen LogP) is 4.53. The standard InChI is InChI=1S/C18H12F3NO3/c19-18(20,21)15-8-5-11(9-22-15)10-25-16-13-4-2-1-3-12(13)6-7-14(16)17(23)24/h1-9H,10H2,(H,23,24). The molecule has 7 heteroatoms. The minimum Gasteiger partial charge on any atom is -0.487 e. The van der Waals surface area contributed by atoms with Gasteiger partial charge in [0.2, 0.25) is 0 Å². The fourth-order valence-electron chi connectivity index (χ4n) is 2.40. The van der Waals surface area contributed by atoms with Gasteiger partial charge in [0.05, 0.1) is 0 Å². The van der Waals surface area contributed by atoms with Crippen LogP contribution in [0.1, 0.15) is 21.6 Å². The summed E-state index contributed by atoms with van der Waals surface area (Å²) in [7, 11) is 0. The van der Waals surface area contributed by atoms with Crippen LogP contribution in [0.3, 0.4) is 0 Å². The van der Waals surface area contributed by atoms with Crippen LogP contribution in [-0.2, 0) is 12.8 Å². The highest BCUT2D eigenvalue weighted by Crippen LogP contribution is 2.31. The molecule has 0 unspecified atom stereocenters. The van der Waals surface area contributed by atoms with Gasteiger partial charge in [0.25, 0.3) is 0 Å². The Balaban J connectivity index is 1.90. The van der Waals surface area contributed by atoms with Crippen LogP contribution >= 0.6 is 0 Å². The van der Waals surface area contributed by atoms with Crippen LogP contribution in [0, 0.1) is 0 Å². The number of carbonyl (C=O) groups is 1. The lowest BCUT2D eigenvalue weighted by atomic mass is 10.1. The molecule has 3 rings (SSSR count). The zero-order chi connectivity index (χ0) is 18.0. The van der Waals surface area contributed by atoms with Gasteiger partial charge >= 0.3 is 12.1 Å². The highest BCUT2D eigenvalue weighted by molar-refractivity contribution is 6.00. The van der Waals surface area contributed by atoms with Gasteiger partial charge in [0, 0.05) is 17.1 Å². The van der Waals surface area contributed by atoms with E-state index < -0.39 is 17.8 Å². The van der Waals surface area contributed by atoms with Crippen molar-refractivity contribution in [2.24, 2.45) is 0 Å². The Morgan fingerprint density at radius 2 is 1.84 bits per heavy atom. The van der Waals surface area contributed by atoms with E-state index in [-0.39, 0.29) is 17.9 Å². The summed E-state index contributed by atoms with van der Waals surface area (Å²) in [4.78, 5) is 14.8. The summed E-state index contributed by atoms with van der Waals surface area (Å²) in [5.74, 6) is -0.975. The smallest absolute Gasteiger partial charge is 0.433 e. The first-order valence-corrected chi connectivity index (χ1v) is 7.26. The monoisotopic (exact) mass is 347 g/mol. The fourth-order valence-corrected chi connectivity index (χ4v) is 2.40. The lowest BCUT2D eigenvalue weighted by Gasteiger charge is -2.13. The number of aromatic nitrogens is 1. The van der Waals surface area contributed by atoms with E-state index in [1.54, 1.807) is 18.2 Å². The maximum absolute atomic E-state index is 12.5. The zero-order valence-electron chi connectivity index (χ0n) is 12.7. The van der Waals surface area contributed by atoms with Gasteiger partial charge in [0.15, 0.2) is 0 Å².